The lowest BCUT2D eigenvalue weighted by atomic mass is 10.1. The molecule has 0 aliphatic carbocycles. The highest BCUT2D eigenvalue weighted by Gasteiger charge is 2.18. The zero-order valence-electron chi connectivity index (χ0n) is 15.1. The van der Waals surface area contributed by atoms with Crippen molar-refractivity contribution in [3.63, 3.8) is 0 Å². The van der Waals surface area contributed by atoms with Crippen molar-refractivity contribution in [1.82, 2.24) is 19.7 Å². The number of aromatic nitrogens is 3. The number of piperidine rings is 1. The summed E-state index contributed by atoms with van der Waals surface area (Å²) in [6.45, 7) is 3.74. The van der Waals surface area contributed by atoms with Crippen LogP contribution in [0.25, 0.3) is 0 Å². The predicted octanol–water partition coefficient (Wildman–Crippen LogP) is 3.69. The summed E-state index contributed by atoms with van der Waals surface area (Å²) in [6, 6.07) is 10.3. The van der Waals surface area contributed by atoms with Crippen LogP contribution in [0.2, 0.25) is 0 Å². The summed E-state index contributed by atoms with van der Waals surface area (Å²) in [5.74, 6) is 3.06. The van der Waals surface area contributed by atoms with Crippen LogP contribution in [0.4, 0.5) is 5.69 Å². The van der Waals surface area contributed by atoms with Gasteiger partial charge in [-0.15, -0.1) is 34.2 Å². The Morgan fingerprint density at radius 1 is 0.962 bits per heavy atom. The lowest BCUT2D eigenvalue weighted by Crippen LogP contribution is -2.40. The number of halogens is 1. The number of aliphatic imine (C=N–C) groups is 1. The lowest BCUT2D eigenvalue weighted by Gasteiger charge is -2.30. The predicted molar refractivity (Wildman–Crippen MR) is 115 cm³/mol. The second-order valence-electron chi connectivity index (χ2n) is 6.82. The smallest absolute Gasteiger partial charge is 0.198 e. The van der Waals surface area contributed by atoms with Crippen LogP contribution in [0.1, 0.15) is 43.8 Å². The lowest BCUT2D eigenvalue weighted by molar-refractivity contribution is 0.340. The largest absolute Gasteiger partial charge is 0.343 e. The number of likely N-dealkylation sites (tertiary alicyclic amines) is 1. The van der Waals surface area contributed by atoms with E-state index in [2.05, 4.69) is 37.1 Å². The number of para-hydroxylation sites is 1. The Bertz CT molecular complexity index is 721. The number of rotatable bonds is 3. The van der Waals surface area contributed by atoms with Crippen LogP contribution in [0, 0.1) is 0 Å². The third kappa shape index (κ3) is 4.55. The number of aryl methyl sites for hydroxylation is 1. The summed E-state index contributed by atoms with van der Waals surface area (Å²) in [4.78, 5) is 7.27. The Kier molecular flexibility index (Phi) is 6.87. The number of nitrogens with one attached hydrogen (secondary N) is 1. The van der Waals surface area contributed by atoms with E-state index in [9.17, 15) is 0 Å². The van der Waals surface area contributed by atoms with E-state index in [4.69, 9.17) is 4.99 Å². The van der Waals surface area contributed by atoms with E-state index >= 15 is 0 Å². The van der Waals surface area contributed by atoms with Gasteiger partial charge in [-0.05, 0) is 44.2 Å². The minimum atomic E-state index is 0. The fraction of sp³-hybridized carbons (Fsp3) is 0.526. The van der Waals surface area contributed by atoms with Crippen LogP contribution in [0.3, 0.4) is 0 Å². The molecule has 1 N–H and O–H groups in total. The van der Waals surface area contributed by atoms with E-state index in [0.717, 1.165) is 49.4 Å². The van der Waals surface area contributed by atoms with Gasteiger partial charge in [0, 0.05) is 31.7 Å². The normalized spacial score (nSPS) is 17.4. The average molecular weight is 466 g/mol. The summed E-state index contributed by atoms with van der Waals surface area (Å²) in [6.07, 6.45) is 7.25. The number of hydrogen-bond donors (Lipinski definition) is 1. The number of guanidine groups is 1. The van der Waals surface area contributed by atoms with Crippen molar-refractivity contribution in [3.8, 4) is 0 Å². The van der Waals surface area contributed by atoms with Crippen LogP contribution in [-0.2, 0) is 19.5 Å². The van der Waals surface area contributed by atoms with Crippen molar-refractivity contribution in [2.24, 2.45) is 4.99 Å². The first kappa shape index (κ1) is 19.1. The standard InChI is InChI=1S/C19H26N6.HI/c1-3-9-16(10-4-1)21-19(24-12-6-2-7-13-24)20-15-18-23-22-17-11-5-8-14-25(17)18;/h1,3-4,9-10H,2,5-8,11-15H2,(H,20,21);1H. The van der Waals surface area contributed by atoms with E-state index in [-0.39, 0.29) is 24.0 Å². The molecule has 4 rings (SSSR count). The molecule has 2 aliphatic heterocycles. The highest BCUT2D eigenvalue weighted by atomic mass is 127. The molecule has 0 spiro atoms. The molecule has 0 unspecified atom stereocenters. The fourth-order valence-corrected chi connectivity index (χ4v) is 3.61. The van der Waals surface area contributed by atoms with Crippen molar-refractivity contribution in [2.45, 2.75) is 51.6 Å². The van der Waals surface area contributed by atoms with E-state index in [1.807, 2.05) is 18.2 Å². The molecule has 1 saturated heterocycles. The Labute approximate surface area is 172 Å². The number of hydrogen-bond acceptors (Lipinski definition) is 3. The number of nitrogens with zero attached hydrogens (tertiary/aromatic N) is 5. The molecule has 6 nitrogen and oxygen atoms in total. The molecule has 1 aromatic carbocycles. The third-order valence-electron chi connectivity index (χ3n) is 4.99. The van der Waals surface area contributed by atoms with Gasteiger partial charge in [0.1, 0.15) is 12.4 Å². The molecule has 0 atom stereocenters. The van der Waals surface area contributed by atoms with Gasteiger partial charge in [0.05, 0.1) is 0 Å². The number of fused-ring (bicyclic) bond motifs is 1. The summed E-state index contributed by atoms with van der Waals surface area (Å²) < 4.78 is 2.25. The first-order valence-electron chi connectivity index (χ1n) is 9.42. The number of anilines is 1. The van der Waals surface area contributed by atoms with Crippen LogP contribution < -0.4 is 5.32 Å². The SMILES string of the molecule is I.c1ccc(NC(=NCc2nnc3n2CCCC3)N2CCCCC2)cc1. The Morgan fingerprint density at radius 3 is 2.54 bits per heavy atom. The van der Waals surface area contributed by atoms with Crippen molar-refractivity contribution in [2.75, 3.05) is 18.4 Å². The van der Waals surface area contributed by atoms with Crippen LogP contribution >= 0.6 is 24.0 Å². The summed E-state index contributed by atoms with van der Waals surface area (Å²) >= 11 is 0. The minimum absolute atomic E-state index is 0. The molecule has 2 aromatic rings. The molecule has 140 valence electrons. The average Bonchev–Trinajstić information content (AvgIpc) is 3.10. The van der Waals surface area contributed by atoms with Crippen LogP contribution in [0.15, 0.2) is 35.3 Å². The molecule has 0 radical (unpaired) electrons. The molecule has 0 saturated carbocycles. The van der Waals surface area contributed by atoms with Crippen LogP contribution in [-0.4, -0.2) is 38.7 Å². The van der Waals surface area contributed by atoms with Gasteiger partial charge >= 0.3 is 0 Å². The summed E-state index contributed by atoms with van der Waals surface area (Å²) in [7, 11) is 0. The Morgan fingerprint density at radius 2 is 1.73 bits per heavy atom. The second kappa shape index (κ2) is 9.34. The molecule has 0 amide bonds. The highest BCUT2D eigenvalue weighted by Crippen LogP contribution is 2.16. The van der Waals surface area contributed by atoms with Crippen molar-refractivity contribution in [3.05, 3.63) is 42.0 Å². The van der Waals surface area contributed by atoms with E-state index in [1.165, 1.54) is 32.1 Å². The number of benzene rings is 1. The fourth-order valence-electron chi connectivity index (χ4n) is 3.61. The monoisotopic (exact) mass is 466 g/mol. The van der Waals surface area contributed by atoms with Gasteiger partial charge in [-0.3, -0.25) is 0 Å². The van der Waals surface area contributed by atoms with Crippen molar-refractivity contribution in [1.29, 1.82) is 0 Å². The molecule has 3 heterocycles. The van der Waals surface area contributed by atoms with Gasteiger partial charge in [0.2, 0.25) is 0 Å². The van der Waals surface area contributed by atoms with Gasteiger partial charge in [0.25, 0.3) is 0 Å². The third-order valence-corrected chi connectivity index (χ3v) is 4.99. The van der Waals surface area contributed by atoms with E-state index in [0.29, 0.717) is 6.54 Å². The van der Waals surface area contributed by atoms with Gasteiger partial charge in [-0.1, -0.05) is 18.2 Å². The van der Waals surface area contributed by atoms with Gasteiger partial charge < -0.3 is 14.8 Å². The zero-order chi connectivity index (χ0) is 16.9. The molecule has 0 bridgehead atoms. The maximum Gasteiger partial charge on any atom is 0.198 e. The van der Waals surface area contributed by atoms with Gasteiger partial charge in [-0.25, -0.2) is 4.99 Å². The second-order valence-corrected chi connectivity index (χ2v) is 6.82. The topological polar surface area (TPSA) is 58.3 Å². The zero-order valence-corrected chi connectivity index (χ0v) is 17.4. The molecular weight excluding hydrogens is 439 g/mol. The molecule has 1 aromatic heterocycles. The van der Waals surface area contributed by atoms with Gasteiger partial charge in [0.15, 0.2) is 11.8 Å². The van der Waals surface area contributed by atoms with Crippen LogP contribution in [0.5, 0.6) is 0 Å². The van der Waals surface area contributed by atoms with Crippen molar-refractivity contribution >= 4 is 35.6 Å². The maximum atomic E-state index is 4.90. The Hall–Kier alpha value is -1.64. The quantitative estimate of drug-likeness (QED) is 0.426. The molecule has 2 aliphatic rings. The highest BCUT2D eigenvalue weighted by molar-refractivity contribution is 14.0. The maximum absolute atomic E-state index is 4.90. The summed E-state index contributed by atoms with van der Waals surface area (Å²) in [5.41, 5.74) is 1.08. The Balaban J connectivity index is 0.00000196. The molecule has 1 fully saturated rings. The first-order chi connectivity index (χ1) is 12.4. The minimum Gasteiger partial charge on any atom is -0.343 e. The van der Waals surface area contributed by atoms with Gasteiger partial charge in [-0.2, -0.15) is 0 Å². The summed E-state index contributed by atoms with van der Waals surface area (Å²) in [5, 5.41) is 12.2. The molecular formula is C19H27IN6. The molecule has 7 heteroatoms. The molecule has 26 heavy (non-hydrogen) atoms. The first-order valence-corrected chi connectivity index (χ1v) is 9.42. The van der Waals surface area contributed by atoms with Crippen molar-refractivity contribution < 1.29 is 0 Å². The van der Waals surface area contributed by atoms with E-state index < -0.39 is 0 Å². The van der Waals surface area contributed by atoms with E-state index in [1.54, 1.807) is 0 Å².